The van der Waals surface area contributed by atoms with Crippen LogP contribution in [0.2, 0.25) is 10.0 Å². The summed E-state index contributed by atoms with van der Waals surface area (Å²) < 4.78 is 49.4. The van der Waals surface area contributed by atoms with E-state index in [9.17, 15) is 32.7 Å². The van der Waals surface area contributed by atoms with E-state index in [4.69, 9.17) is 33.0 Å². The van der Waals surface area contributed by atoms with Gasteiger partial charge in [-0.05, 0) is 80.0 Å². The number of carbonyl (C=O) groups is 4. The Balaban J connectivity index is 1.14. The minimum absolute atomic E-state index is 0.00149. The fourth-order valence-electron chi connectivity index (χ4n) is 9.92. The summed E-state index contributed by atoms with van der Waals surface area (Å²) in [6, 6.07) is 13.5. The van der Waals surface area contributed by atoms with E-state index in [1.165, 1.54) is 42.3 Å². The summed E-state index contributed by atoms with van der Waals surface area (Å²) in [4.78, 5) is 64.6. The number of fused-ring (bicyclic) bond motifs is 5. The number of thiophene rings is 1. The molecule has 2 aromatic carbocycles. The molecule has 4 amide bonds. The highest BCUT2D eigenvalue weighted by molar-refractivity contribution is 7.22. The van der Waals surface area contributed by atoms with Gasteiger partial charge < -0.3 is 9.84 Å². The predicted octanol–water partition coefficient (Wildman–Crippen LogP) is 8.33. The highest BCUT2D eigenvalue weighted by Crippen LogP contribution is 2.65. The van der Waals surface area contributed by atoms with Crippen molar-refractivity contribution in [3.8, 4) is 22.1 Å². The maximum Gasteiger partial charge on any atom is 0.433 e. The zero-order valence-electron chi connectivity index (χ0n) is 32.5. The van der Waals surface area contributed by atoms with Crippen molar-refractivity contribution in [2.45, 2.75) is 38.8 Å². The van der Waals surface area contributed by atoms with E-state index in [0.717, 1.165) is 41.5 Å². The zero-order valence-corrected chi connectivity index (χ0v) is 34.9. The van der Waals surface area contributed by atoms with E-state index in [1.54, 1.807) is 32.2 Å². The third kappa shape index (κ3) is 5.70. The lowest BCUT2D eigenvalue weighted by molar-refractivity contribution is -0.141. The molecule has 3 fully saturated rings. The number of hydrogen-bond acceptors (Lipinski definition) is 10. The largest absolute Gasteiger partial charge is 0.508 e. The maximum absolute atomic E-state index is 15.2. The molecule has 9 rings (SSSR count). The molecule has 5 heterocycles. The van der Waals surface area contributed by atoms with Crippen molar-refractivity contribution in [1.82, 2.24) is 19.8 Å². The Morgan fingerprint density at radius 1 is 1.00 bits per heavy atom. The predicted molar refractivity (Wildman–Crippen MR) is 218 cm³/mol. The summed E-state index contributed by atoms with van der Waals surface area (Å²) in [7, 11) is 4.31. The van der Waals surface area contributed by atoms with Crippen LogP contribution in [0.1, 0.15) is 42.5 Å². The smallest absolute Gasteiger partial charge is 0.433 e. The summed E-state index contributed by atoms with van der Waals surface area (Å²) >= 11 is 14.1. The number of allylic oxidation sites excluding steroid dienone is 2. The standard InChI is InChI=1S/C42H35Cl2F3N6O6S/c1-18-24-14-19(43)6-12-30(24)60-35(18)28-17-32(50(3)49-28)52-38(56)26-16-25-21(34(41(26,2)40(52)58)22-8-7-20(54)15-29(22)59-5)9-10-23-33(25)39(57)53(37(23)55)51(4)36-27(44)11-13-31(48-36)42(45,46)47/h6-9,11-15,17,23,25-26,33-34,54H,10,16H2,1-5H3. The van der Waals surface area contributed by atoms with Crippen molar-refractivity contribution in [3.05, 3.63) is 93.1 Å². The molecule has 3 aromatic heterocycles. The lowest BCUT2D eigenvalue weighted by atomic mass is 9.51. The third-order valence-electron chi connectivity index (χ3n) is 12.7. The molecule has 1 N–H and O–H groups in total. The SMILES string of the molecule is COc1cc(O)ccc1C1C2=CCC3C(=O)N(N(C)c4nc(C(F)(F)F)ccc4Cl)C(=O)C3C2CC2C(=O)N(c3cc(-c4sc5ccc(Cl)cc5c4C)nn3C)C(=O)C21C. The van der Waals surface area contributed by atoms with Gasteiger partial charge in [0.1, 0.15) is 28.7 Å². The number of ether oxygens (including phenoxy) is 1. The van der Waals surface area contributed by atoms with E-state index in [1.807, 2.05) is 25.1 Å². The number of benzene rings is 2. The van der Waals surface area contributed by atoms with Crippen LogP contribution >= 0.6 is 34.5 Å². The minimum Gasteiger partial charge on any atom is -0.508 e. The highest BCUT2D eigenvalue weighted by Gasteiger charge is 2.68. The van der Waals surface area contributed by atoms with Crippen LogP contribution in [0.25, 0.3) is 20.7 Å². The second-order valence-electron chi connectivity index (χ2n) is 15.8. The van der Waals surface area contributed by atoms with E-state index in [2.05, 4.69) is 4.98 Å². The number of aryl methyl sites for hydroxylation is 2. The number of hydrogen-bond donors (Lipinski definition) is 1. The Morgan fingerprint density at radius 3 is 2.47 bits per heavy atom. The first-order valence-electron chi connectivity index (χ1n) is 18.9. The zero-order chi connectivity index (χ0) is 42.9. The summed E-state index contributed by atoms with van der Waals surface area (Å²) in [5.41, 5.74) is -0.112. The number of pyridine rings is 1. The first-order chi connectivity index (χ1) is 28.4. The van der Waals surface area contributed by atoms with Gasteiger partial charge in [0.15, 0.2) is 5.82 Å². The number of imide groups is 2. The molecule has 5 aromatic rings. The van der Waals surface area contributed by atoms with Gasteiger partial charge in [-0.25, -0.2) is 9.88 Å². The number of phenols is 1. The number of halogens is 5. The molecule has 2 saturated heterocycles. The topological polar surface area (TPSA) is 138 Å². The number of anilines is 2. The molecule has 4 aliphatic rings. The van der Waals surface area contributed by atoms with E-state index >= 15 is 4.79 Å². The Hall–Kier alpha value is -5.45. The Kier molecular flexibility index (Phi) is 9.19. The fraction of sp³-hybridized carbons (Fsp3) is 0.333. The molecular weight excluding hydrogens is 844 g/mol. The van der Waals surface area contributed by atoms with Crippen LogP contribution in [0.3, 0.4) is 0 Å². The molecule has 0 radical (unpaired) electrons. The van der Waals surface area contributed by atoms with Crippen molar-refractivity contribution in [2.24, 2.45) is 36.1 Å². The lowest BCUT2D eigenvalue weighted by Gasteiger charge is -2.49. The third-order valence-corrected chi connectivity index (χ3v) is 14.5. The van der Waals surface area contributed by atoms with Crippen molar-refractivity contribution < 1.29 is 42.2 Å². The first-order valence-corrected chi connectivity index (χ1v) is 20.5. The van der Waals surface area contributed by atoms with Crippen LogP contribution in [0.5, 0.6) is 11.5 Å². The molecular formula is C42H35Cl2F3N6O6S. The molecule has 2 aliphatic heterocycles. The second kappa shape index (κ2) is 13.8. The van der Waals surface area contributed by atoms with E-state index < -0.39 is 76.3 Å². The molecule has 310 valence electrons. The number of rotatable bonds is 6. The number of nitrogens with zero attached hydrogens (tertiary/aromatic N) is 6. The minimum atomic E-state index is -4.83. The van der Waals surface area contributed by atoms with Crippen molar-refractivity contribution in [2.75, 3.05) is 24.1 Å². The van der Waals surface area contributed by atoms with E-state index in [-0.39, 0.29) is 35.2 Å². The molecule has 1 saturated carbocycles. The molecule has 2 aliphatic carbocycles. The van der Waals surface area contributed by atoms with Crippen LogP contribution in [0, 0.1) is 36.0 Å². The van der Waals surface area contributed by atoms with Gasteiger partial charge in [-0.2, -0.15) is 23.3 Å². The van der Waals surface area contributed by atoms with Crippen LogP contribution in [0.15, 0.2) is 66.2 Å². The fourth-order valence-corrected chi connectivity index (χ4v) is 11.5. The summed E-state index contributed by atoms with van der Waals surface area (Å²) in [5.74, 6) is -7.12. The second-order valence-corrected chi connectivity index (χ2v) is 17.7. The Labute approximate surface area is 354 Å². The molecule has 6 unspecified atom stereocenters. The van der Waals surface area contributed by atoms with Crippen LogP contribution in [-0.4, -0.2) is 62.7 Å². The first kappa shape index (κ1) is 40.0. The number of carbonyl (C=O) groups excluding carboxylic acids is 4. The van der Waals surface area contributed by atoms with Gasteiger partial charge >= 0.3 is 6.18 Å². The van der Waals surface area contributed by atoms with Gasteiger partial charge in [0.05, 0.1) is 40.2 Å². The van der Waals surface area contributed by atoms with Crippen molar-refractivity contribution in [1.29, 1.82) is 0 Å². The van der Waals surface area contributed by atoms with Gasteiger partial charge in [-0.15, -0.1) is 11.3 Å². The summed E-state index contributed by atoms with van der Waals surface area (Å²) in [6.45, 7) is 3.68. The maximum atomic E-state index is 15.2. The number of amides is 4. The average Bonchev–Trinajstić information content (AvgIpc) is 3.87. The van der Waals surface area contributed by atoms with Crippen LogP contribution in [-0.2, 0) is 32.4 Å². The molecule has 0 bridgehead atoms. The number of aromatic nitrogens is 3. The quantitative estimate of drug-likeness (QED) is 0.132. The summed E-state index contributed by atoms with van der Waals surface area (Å²) in [5, 5.41) is 18.3. The Morgan fingerprint density at radius 2 is 1.75 bits per heavy atom. The molecule has 0 spiro atoms. The average molecular weight is 880 g/mol. The number of methoxy groups -OCH3 is 1. The molecule has 12 nitrogen and oxygen atoms in total. The van der Waals surface area contributed by atoms with Crippen LogP contribution in [0.4, 0.5) is 24.8 Å². The molecule has 6 atom stereocenters. The van der Waals surface area contributed by atoms with Crippen molar-refractivity contribution >= 4 is 79.9 Å². The van der Waals surface area contributed by atoms with E-state index in [0.29, 0.717) is 27.9 Å². The number of hydrazine groups is 1. The van der Waals surface area contributed by atoms with Gasteiger partial charge in [0.25, 0.3) is 11.8 Å². The van der Waals surface area contributed by atoms with Gasteiger partial charge in [-0.3, -0.25) is 28.9 Å². The van der Waals surface area contributed by atoms with Crippen molar-refractivity contribution in [3.63, 3.8) is 0 Å². The van der Waals surface area contributed by atoms with Gasteiger partial charge in [0.2, 0.25) is 11.8 Å². The number of aromatic hydroxyl groups is 1. The lowest BCUT2D eigenvalue weighted by Crippen LogP contribution is -2.49. The molecule has 60 heavy (non-hydrogen) atoms. The monoisotopic (exact) mass is 878 g/mol. The van der Waals surface area contributed by atoms with Gasteiger partial charge in [-0.1, -0.05) is 40.9 Å². The van der Waals surface area contributed by atoms with Gasteiger partial charge in [0, 0.05) is 47.4 Å². The number of phenolic OH excluding ortho intramolecular Hbond substituents is 1. The Bertz CT molecular complexity index is 2750. The summed E-state index contributed by atoms with van der Waals surface area (Å²) in [6.07, 6.45) is -2.94. The number of alkyl halides is 3. The van der Waals surface area contributed by atoms with Crippen LogP contribution < -0.4 is 14.6 Å². The highest BCUT2D eigenvalue weighted by atomic mass is 35.5. The molecule has 18 heteroatoms. The normalized spacial score (nSPS) is 25.2.